The molecule has 2 aliphatic rings. The predicted molar refractivity (Wildman–Crippen MR) is 83.1 cm³/mol. The fourth-order valence-electron chi connectivity index (χ4n) is 2.29. The number of hydrogen-bond donors (Lipinski definition) is 4. The highest BCUT2D eigenvalue weighted by atomic mass is 16.3. The normalized spacial score (nSPS) is 15.6. The van der Waals surface area contributed by atoms with Crippen molar-refractivity contribution in [2.45, 2.75) is 6.42 Å². The zero-order valence-electron chi connectivity index (χ0n) is 12.0. The monoisotopic (exact) mass is 295 g/mol. The first-order valence-electron chi connectivity index (χ1n) is 7.12. The molecule has 112 valence electrons. The number of benzene rings is 1. The Hall–Kier alpha value is -2.91. The third kappa shape index (κ3) is 2.75. The number of hydrogen-bond acceptors (Lipinski definition) is 6. The molecule has 6 heteroatoms. The Bertz CT molecular complexity index is 681. The molecule has 0 fully saturated rings. The highest BCUT2D eigenvalue weighted by Crippen LogP contribution is 2.27. The van der Waals surface area contributed by atoms with Crippen LogP contribution in [0.2, 0.25) is 0 Å². The second-order valence-electron chi connectivity index (χ2n) is 4.95. The van der Waals surface area contributed by atoms with E-state index in [-0.39, 0.29) is 6.61 Å². The molecule has 0 saturated carbocycles. The lowest BCUT2D eigenvalue weighted by Crippen LogP contribution is -2.41. The topological polar surface area (TPSA) is 83.3 Å². The van der Waals surface area contributed by atoms with E-state index >= 15 is 0 Å². The van der Waals surface area contributed by atoms with Gasteiger partial charge in [0.05, 0.1) is 17.3 Å². The zero-order valence-corrected chi connectivity index (χ0v) is 12.0. The largest absolute Gasteiger partial charge is 0.396 e. The summed E-state index contributed by atoms with van der Waals surface area (Å²) in [5.41, 5.74) is 5.92. The molecule has 0 unspecified atom stereocenters. The van der Waals surface area contributed by atoms with E-state index in [1.165, 1.54) is 0 Å². The molecular weight excluding hydrogens is 278 g/mol. The van der Waals surface area contributed by atoms with Crippen molar-refractivity contribution in [3.8, 4) is 6.07 Å². The molecule has 1 aromatic rings. The standard InChI is InChI=1S/C16H17N5O/c17-10-12-2-4-13(5-3-12)14-11-19-16-7-6-15(20-21(14)16)18-8-1-9-22/h2-7,11,18-20,22H,1,8-9H2. The number of nitriles is 1. The van der Waals surface area contributed by atoms with Crippen LogP contribution in [0.15, 0.2) is 54.3 Å². The van der Waals surface area contributed by atoms with Crippen LogP contribution in [0, 0.1) is 11.3 Å². The van der Waals surface area contributed by atoms with Crippen LogP contribution in [0.25, 0.3) is 5.70 Å². The molecule has 2 heterocycles. The first-order chi connectivity index (χ1) is 10.8. The van der Waals surface area contributed by atoms with Gasteiger partial charge in [-0.1, -0.05) is 12.1 Å². The molecule has 0 bridgehead atoms. The molecular formula is C16H17N5O. The summed E-state index contributed by atoms with van der Waals surface area (Å²) in [5.74, 6) is 1.81. The summed E-state index contributed by atoms with van der Waals surface area (Å²) in [6.07, 6.45) is 6.55. The number of rotatable bonds is 5. The van der Waals surface area contributed by atoms with Gasteiger partial charge in [-0.05, 0) is 30.7 Å². The van der Waals surface area contributed by atoms with Crippen molar-refractivity contribution < 1.29 is 5.11 Å². The lowest BCUT2D eigenvalue weighted by molar-refractivity contribution is 0.285. The number of nitrogens with zero attached hydrogens (tertiary/aromatic N) is 2. The number of allylic oxidation sites excluding steroid dienone is 2. The van der Waals surface area contributed by atoms with Gasteiger partial charge in [-0.25, -0.2) is 5.01 Å². The van der Waals surface area contributed by atoms with Gasteiger partial charge in [0.2, 0.25) is 0 Å². The molecule has 0 atom stereocenters. The van der Waals surface area contributed by atoms with Gasteiger partial charge in [0.25, 0.3) is 0 Å². The molecule has 6 nitrogen and oxygen atoms in total. The van der Waals surface area contributed by atoms with E-state index in [0.29, 0.717) is 18.5 Å². The van der Waals surface area contributed by atoms with Gasteiger partial charge in [-0.3, -0.25) is 5.43 Å². The van der Waals surface area contributed by atoms with Crippen LogP contribution in [-0.4, -0.2) is 23.3 Å². The van der Waals surface area contributed by atoms with E-state index in [2.05, 4.69) is 22.1 Å². The van der Waals surface area contributed by atoms with Crippen molar-refractivity contribution >= 4 is 5.70 Å². The quantitative estimate of drug-likeness (QED) is 0.605. The number of aliphatic hydroxyl groups is 1. The second kappa shape index (κ2) is 6.24. The number of fused-ring (bicyclic) bond motifs is 1. The number of aliphatic hydroxyl groups excluding tert-OH is 1. The van der Waals surface area contributed by atoms with Crippen molar-refractivity contribution in [3.05, 3.63) is 65.4 Å². The summed E-state index contributed by atoms with van der Waals surface area (Å²) < 4.78 is 0. The maximum absolute atomic E-state index is 8.88. The Morgan fingerprint density at radius 1 is 1.23 bits per heavy atom. The van der Waals surface area contributed by atoms with Crippen molar-refractivity contribution in [2.75, 3.05) is 13.2 Å². The van der Waals surface area contributed by atoms with E-state index < -0.39 is 0 Å². The average Bonchev–Trinajstić information content (AvgIpc) is 2.98. The summed E-state index contributed by atoms with van der Waals surface area (Å²) >= 11 is 0. The van der Waals surface area contributed by atoms with E-state index in [9.17, 15) is 0 Å². The zero-order chi connectivity index (χ0) is 15.4. The number of nitrogens with one attached hydrogen (secondary N) is 3. The summed E-state index contributed by atoms with van der Waals surface area (Å²) in [4.78, 5) is 0. The lowest BCUT2D eigenvalue weighted by atomic mass is 10.1. The average molecular weight is 295 g/mol. The van der Waals surface area contributed by atoms with Crippen LogP contribution in [0.5, 0.6) is 0 Å². The first-order valence-corrected chi connectivity index (χ1v) is 7.12. The van der Waals surface area contributed by atoms with Crippen LogP contribution in [-0.2, 0) is 0 Å². The fourth-order valence-corrected chi connectivity index (χ4v) is 2.29. The van der Waals surface area contributed by atoms with Crippen LogP contribution in [0.1, 0.15) is 17.5 Å². The number of hydrazine groups is 1. The van der Waals surface area contributed by atoms with Gasteiger partial charge in [-0.2, -0.15) is 5.26 Å². The lowest BCUT2D eigenvalue weighted by Gasteiger charge is -2.29. The van der Waals surface area contributed by atoms with Gasteiger partial charge in [0.1, 0.15) is 11.6 Å². The van der Waals surface area contributed by atoms with Crippen LogP contribution in [0.4, 0.5) is 0 Å². The van der Waals surface area contributed by atoms with Gasteiger partial charge < -0.3 is 15.7 Å². The molecule has 1 aromatic carbocycles. The van der Waals surface area contributed by atoms with Gasteiger partial charge >= 0.3 is 0 Å². The fraction of sp³-hybridized carbons (Fsp3) is 0.188. The van der Waals surface area contributed by atoms with Crippen molar-refractivity contribution in [3.63, 3.8) is 0 Å². The SMILES string of the molecule is N#Cc1ccc(C2=CNC3=CC=C(NCCCO)NN32)cc1. The van der Waals surface area contributed by atoms with Crippen molar-refractivity contribution in [1.82, 2.24) is 21.1 Å². The first kappa shape index (κ1) is 14.0. The second-order valence-corrected chi connectivity index (χ2v) is 4.95. The van der Waals surface area contributed by atoms with Gasteiger partial charge in [0, 0.05) is 24.9 Å². The van der Waals surface area contributed by atoms with Crippen LogP contribution < -0.4 is 16.1 Å². The van der Waals surface area contributed by atoms with E-state index in [4.69, 9.17) is 10.4 Å². The molecule has 0 aromatic heterocycles. The highest BCUT2D eigenvalue weighted by molar-refractivity contribution is 5.68. The Labute approximate surface area is 129 Å². The molecule has 0 radical (unpaired) electrons. The summed E-state index contributed by atoms with van der Waals surface area (Å²) in [6.45, 7) is 0.874. The van der Waals surface area contributed by atoms with E-state index in [1.54, 1.807) is 12.1 Å². The smallest absolute Gasteiger partial charge is 0.130 e. The summed E-state index contributed by atoms with van der Waals surface area (Å²) in [5, 5.41) is 26.1. The Balaban J connectivity index is 1.73. The minimum atomic E-state index is 0.170. The molecule has 0 amide bonds. The molecule has 0 saturated heterocycles. The van der Waals surface area contributed by atoms with Gasteiger partial charge in [0.15, 0.2) is 0 Å². The van der Waals surface area contributed by atoms with Crippen molar-refractivity contribution in [2.24, 2.45) is 0 Å². The molecule has 3 rings (SSSR count). The van der Waals surface area contributed by atoms with Crippen LogP contribution >= 0.6 is 0 Å². The minimum Gasteiger partial charge on any atom is -0.396 e. The third-order valence-corrected chi connectivity index (χ3v) is 3.44. The Kier molecular flexibility index (Phi) is 3.99. The van der Waals surface area contributed by atoms with E-state index in [1.807, 2.05) is 35.5 Å². The maximum Gasteiger partial charge on any atom is 0.130 e. The molecule has 22 heavy (non-hydrogen) atoms. The summed E-state index contributed by atoms with van der Waals surface area (Å²) in [7, 11) is 0. The van der Waals surface area contributed by atoms with E-state index in [0.717, 1.165) is 22.9 Å². The Morgan fingerprint density at radius 2 is 2.05 bits per heavy atom. The molecule has 2 aliphatic heterocycles. The minimum absolute atomic E-state index is 0.170. The van der Waals surface area contributed by atoms with Gasteiger partial charge in [-0.15, -0.1) is 0 Å². The molecule has 0 spiro atoms. The third-order valence-electron chi connectivity index (χ3n) is 3.44. The maximum atomic E-state index is 8.88. The Morgan fingerprint density at radius 3 is 2.77 bits per heavy atom. The highest BCUT2D eigenvalue weighted by Gasteiger charge is 2.24. The predicted octanol–water partition coefficient (Wildman–Crippen LogP) is 0.935. The summed E-state index contributed by atoms with van der Waals surface area (Å²) in [6, 6.07) is 9.58. The van der Waals surface area contributed by atoms with Crippen LogP contribution in [0.3, 0.4) is 0 Å². The molecule has 0 aliphatic carbocycles. The molecule has 4 N–H and O–H groups in total. The van der Waals surface area contributed by atoms with Crippen molar-refractivity contribution in [1.29, 1.82) is 5.26 Å².